The zero-order valence-electron chi connectivity index (χ0n) is 18.3. The number of amides is 1. The summed E-state index contributed by atoms with van der Waals surface area (Å²) in [5.74, 6) is -2.06. The molecule has 2 fully saturated rings. The van der Waals surface area contributed by atoms with Crippen LogP contribution >= 0.6 is 0 Å². The first-order valence-corrected chi connectivity index (χ1v) is 12.2. The zero-order valence-corrected chi connectivity index (χ0v) is 19.1. The van der Waals surface area contributed by atoms with E-state index in [9.17, 15) is 23.1 Å². The third kappa shape index (κ3) is 4.59. The number of hydrogen-bond donors (Lipinski definition) is 2. The van der Waals surface area contributed by atoms with Crippen molar-refractivity contribution in [3.63, 3.8) is 0 Å². The number of nitrogens with one attached hydrogen (secondary N) is 1. The summed E-state index contributed by atoms with van der Waals surface area (Å²) in [5, 5.41) is 9.92. The minimum Gasteiger partial charge on any atom is -0.480 e. The molecule has 9 nitrogen and oxygen atoms in total. The fraction of sp³-hybridized carbons (Fsp3) is 0.391. The lowest BCUT2D eigenvalue weighted by Gasteiger charge is -2.34. The molecular formula is C23H27N3O6S. The van der Waals surface area contributed by atoms with Crippen molar-refractivity contribution in [1.82, 2.24) is 13.9 Å². The molecule has 0 radical (unpaired) electrons. The highest BCUT2D eigenvalue weighted by molar-refractivity contribution is 7.87. The summed E-state index contributed by atoms with van der Waals surface area (Å²) in [6, 6.07) is 18.3. The number of hydrogen-bond acceptors (Lipinski definition) is 5. The molecule has 2 aliphatic rings. The number of benzene rings is 2. The van der Waals surface area contributed by atoms with E-state index >= 15 is 0 Å². The van der Waals surface area contributed by atoms with Crippen molar-refractivity contribution < 1.29 is 27.9 Å². The van der Waals surface area contributed by atoms with Crippen LogP contribution in [-0.4, -0.2) is 66.5 Å². The molecule has 0 unspecified atom stereocenters. The Morgan fingerprint density at radius 3 is 2.18 bits per heavy atom. The van der Waals surface area contributed by atoms with Crippen LogP contribution in [0.3, 0.4) is 0 Å². The van der Waals surface area contributed by atoms with E-state index < -0.39 is 39.6 Å². The van der Waals surface area contributed by atoms with Gasteiger partial charge >= 0.3 is 12.1 Å². The van der Waals surface area contributed by atoms with Crippen LogP contribution in [0.25, 0.3) is 0 Å². The van der Waals surface area contributed by atoms with Crippen LogP contribution < -0.4 is 4.72 Å². The van der Waals surface area contributed by atoms with Crippen molar-refractivity contribution in [3.05, 3.63) is 71.8 Å². The molecule has 1 amide bonds. The Kier molecular flexibility index (Phi) is 6.42. The van der Waals surface area contributed by atoms with Gasteiger partial charge in [-0.3, -0.25) is 4.79 Å². The Hall–Kier alpha value is -2.95. The second-order valence-corrected chi connectivity index (χ2v) is 10.1. The van der Waals surface area contributed by atoms with Crippen LogP contribution in [0.2, 0.25) is 0 Å². The molecule has 0 spiro atoms. The SMILES string of the molecule is C[C@@H]1[C@@H](c2ccccc2)[C@]1(NS(=O)(=O)N1CCN(C(=O)OCc2ccccc2)CC1)C(=O)O. The number of carbonyl (C=O) groups is 2. The highest BCUT2D eigenvalue weighted by Gasteiger charge is 2.70. The molecule has 1 aliphatic heterocycles. The largest absolute Gasteiger partial charge is 0.480 e. The van der Waals surface area contributed by atoms with Crippen LogP contribution in [0, 0.1) is 5.92 Å². The fourth-order valence-electron chi connectivity index (χ4n) is 4.50. The number of rotatable bonds is 7. The van der Waals surface area contributed by atoms with E-state index in [-0.39, 0.29) is 32.8 Å². The van der Waals surface area contributed by atoms with Crippen molar-refractivity contribution in [2.45, 2.75) is 25.0 Å². The Bertz CT molecular complexity index is 1100. The van der Waals surface area contributed by atoms with Gasteiger partial charge in [-0.15, -0.1) is 0 Å². The van der Waals surface area contributed by atoms with Gasteiger partial charge < -0.3 is 14.7 Å². The summed E-state index contributed by atoms with van der Waals surface area (Å²) >= 11 is 0. The van der Waals surface area contributed by atoms with Gasteiger partial charge in [0.2, 0.25) is 0 Å². The van der Waals surface area contributed by atoms with E-state index in [0.717, 1.165) is 11.1 Å². The van der Waals surface area contributed by atoms with E-state index in [0.29, 0.717) is 0 Å². The minimum absolute atomic E-state index is 0.0514. The molecule has 2 aromatic carbocycles. The molecular weight excluding hydrogens is 446 g/mol. The van der Waals surface area contributed by atoms with Crippen LogP contribution in [-0.2, 0) is 26.3 Å². The molecule has 1 heterocycles. The van der Waals surface area contributed by atoms with Gasteiger partial charge in [0.15, 0.2) is 0 Å². The van der Waals surface area contributed by atoms with Gasteiger partial charge in [0, 0.05) is 32.1 Å². The second kappa shape index (κ2) is 9.12. The van der Waals surface area contributed by atoms with E-state index in [1.54, 1.807) is 31.2 Å². The lowest BCUT2D eigenvalue weighted by molar-refractivity contribution is -0.140. The molecule has 33 heavy (non-hydrogen) atoms. The van der Waals surface area contributed by atoms with E-state index in [1.807, 2.05) is 36.4 Å². The van der Waals surface area contributed by atoms with Gasteiger partial charge in [-0.25, -0.2) is 4.79 Å². The maximum absolute atomic E-state index is 13.1. The van der Waals surface area contributed by atoms with E-state index in [4.69, 9.17) is 4.74 Å². The summed E-state index contributed by atoms with van der Waals surface area (Å²) in [5.41, 5.74) is 0.0502. The van der Waals surface area contributed by atoms with Gasteiger partial charge in [-0.2, -0.15) is 17.4 Å². The standard InChI is InChI=1S/C23H27N3O6S/c1-17-20(19-10-6-3-7-11-19)23(17,21(27)28)24-33(30,31)26-14-12-25(13-15-26)22(29)32-16-18-8-4-2-5-9-18/h2-11,17,20,24H,12-16H2,1H3,(H,27,28)/t17-,20+,23+/m1/s1. The molecule has 4 rings (SSSR count). The summed E-state index contributed by atoms with van der Waals surface area (Å²) in [6.45, 7) is 2.29. The van der Waals surface area contributed by atoms with Crippen molar-refractivity contribution in [3.8, 4) is 0 Å². The van der Waals surface area contributed by atoms with Gasteiger partial charge in [-0.1, -0.05) is 67.6 Å². The lowest BCUT2D eigenvalue weighted by Crippen LogP contribution is -2.57. The predicted octanol–water partition coefficient (Wildman–Crippen LogP) is 2.03. The number of nitrogens with zero attached hydrogens (tertiary/aromatic N) is 2. The van der Waals surface area contributed by atoms with Crippen LogP contribution in [0.5, 0.6) is 0 Å². The molecule has 1 saturated heterocycles. The average molecular weight is 474 g/mol. The highest BCUT2D eigenvalue weighted by atomic mass is 32.2. The van der Waals surface area contributed by atoms with E-state index in [1.165, 1.54) is 9.21 Å². The molecule has 176 valence electrons. The molecule has 0 bridgehead atoms. The summed E-state index contributed by atoms with van der Waals surface area (Å²) in [4.78, 5) is 25.9. The number of carboxylic acids is 1. The number of piperazine rings is 1. The average Bonchev–Trinajstić information content (AvgIpc) is 3.42. The smallest absolute Gasteiger partial charge is 0.410 e. The molecule has 1 aliphatic carbocycles. The van der Waals surface area contributed by atoms with Crippen molar-refractivity contribution in [1.29, 1.82) is 0 Å². The Morgan fingerprint density at radius 2 is 1.61 bits per heavy atom. The summed E-state index contributed by atoms with van der Waals surface area (Å²) in [7, 11) is -4.08. The first kappa shape index (κ1) is 23.2. The van der Waals surface area contributed by atoms with Crippen LogP contribution in [0.15, 0.2) is 60.7 Å². The first-order valence-electron chi connectivity index (χ1n) is 10.8. The summed E-state index contributed by atoms with van der Waals surface area (Å²) in [6.07, 6.45) is -0.508. The monoisotopic (exact) mass is 473 g/mol. The molecule has 1 saturated carbocycles. The van der Waals surface area contributed by atoms with Crippen molar-refractivity contribution >= 4 is 22.3 Å². The fourth-order valence-corrected chi connectivity index (χ4v) is 6.10. The third-order valence-corrected chi connectivity index (χ3v) is 8.09. The number of ether oxygens (including phenoxy) is 1. The van der Waals surface area contributed by atoms with Crippen LogP contribution in [0.4, 0.5) is 4.79 Å². The molecule has 10 heteroatoms. The summed E-state index contributed by atoms with van der Waals surface area (Å²) < 4.78 is 35.1. The zero-order chi connectivity index (χ0) is 23.6. The topological polar surface area (TPSA) is 116 Å². The molecule has 3 atom stereocenters. The lowest BCUT2D eigenvalue weighted by atomic mass is 10.1. The van der Waals surface area contributed by atoms with E-state index in [2.05, 4.69) is 4.72 Å². The third-order valence-electron chi connectivity index (χ3n) is 6.45. The first-order chi connectivity index (χ1) is 15.8. The Balaban J connectivity index is 1.37. The Morgan fingerprint density at radius 1 is 1.03 bits per heavy atom. The van der Waals surface area contributed by atoms with Crippen molar-refractivity contribution in [2.75, 3.05) is 26.2 Å². The molecule has 0 aromatic heterocycles. The normalized spacial score (nSPS) is 25.4. The highest BCUT2D eigenvalue weighted by Crippen LogP contribution is 2.57. The quantitative estimate of drug-likeness (QED) is 0.636. The predicted molar refractivity (Wildman–Crippen MR) is 121 cm³/mol. The minimum atomic E-state index is -4.08. The number of aliphatic carboxylic acids is 1. The second-order valence-electron chi connectivity index (χ2n) is 8.38. The van der Waals surface area contributed by atoms with Gasteiger partial charge in [0.25, 0.3) is 10.2 Å². The molecule has 2 aromatic rings. The molecule has 2 N–H and O–H groups in total. The van der Waals surface area contributed by atoms with Gasteiger partial charge in [-0.05, 0) is 17.0 Å². The number of carbonyl (C=O) groups excluding carboxylic acids is 1. The maximum atomic E-state index is 13.1. The van der Waals surface area contributed by atoms with Crippen LogP contribution in [0.1, 0.15) is 24.0 Å². The Labute approximate surface area is 193 Å². The number of carboxylic acid groups (broad SMARTS) is 1. The van der Waals surface area contributed by atoms with Gasteiger partial charge in [0.1, 0.15) is 12.1 Å². The van der Waals surface area contributed by atoms with Crippen molar-refractivity contribution in [2.24, 2.45) is 5.92 Å². The van der Waals surface area contributed by atoms with Gasteiger partial charge in [0.05, 0.1) is 0 Å². The maximum Gasteiger partial charge on any atom is 0.410 e.